The molecule has 3 saturated heterocycles. The average Bonchev–Trinajstić information content (AvgIpc) is 3.88. The summed E-state index contributed by atoms with van der Waals surface area (Å²) in [6.07, 6.45) is 9.24. The van der Waals surface area contributed by atoms with Crippen molar-refractivity contribution in [2.75, 3.05) is 50.7 Å². The quantitative estimate of drug-likeness (QED) is 0.0594. The number of nitrogens with zero attached hydrogens (tertiary/aromatic N) is 6. The van der Waals surface area contributed by atoms with Gasteiger partial charge in [0.25, 0.3) is 5.91 Å². The number of hydrogen-bond acceptors (Lipinski definition) is 10. The minimum Gasteiger partial charge on any atom is -0.295 e. The molecule has 0 aliphatic carbocycles. The third-order valence-electron chi connectivity index (χ3n) is 12.3. The molecule has 2 atom stereocenters. The van der Waals surface area contributed by atoms with E-state index in [-0.39, 0.29) is 29.9 Å². The molecule has 16 heteroatoms. The number of H-pyrrole nitrogens is 1. The number of ether oxygens (including phenoxy) is 1. The molecule has 0 bridgehead atoms. The van der Waals surface area contributed by atoms with Crippen molar-refractivity contribution >= 4 is 61.6 Å². The van der Waals surface area contributed by atoms with Gasteiger partial charge in [0, 0.05) is 24.2 Å². The molecule has 331 valence electrons. The Kier molecular flexibility index (Phi) is 13.0. The van der Waals surface area contributed by atoms with E-state index in [1.54, 1.807) is 35.6 Å². The molecule has 4 aliphatic rings. The van der Waals surface area contributed by atoms with Crippen LogP contribution in [0.1, 0.15) is 83.2 Å². The van der Waals surface area contributed by atoms with E-state index in [9.17, 15) is 24.0 Å². The standard InChI is InChI=1S/C28H38N5O4.C19H11ClN3O2.Au/c34-25-11-10-24(27(36)29-25)33-20-21-19-22(8-9-23(21)28(33)37)31-17-15-30(16-18-31)12-4-1-3-7-26(35)32-13-5-2-6-14-32;20-17-8-13(25-12-4-2-1-3-5-12)6-7-14(17)18(24)15-10-22-19-16(15)9-21-11-23-19;/h5,8-9,19,24H,1-4,6-7,10-18,20H2,(H,29,34,36);1-8,10-11H,(H,21,22,23);/t24-;;/m0../s1. The van der Waals surface area contributed by atoms with E-state index >= 15 is 0 Å². The smallest absolute Gasteiger partial charge is 0.295 e. The number of carbonyl (C=O) groups is 5. The number of ketones is 1. The summed E-state index contributed by atoms with van der Waals surface area (Å²) in [6, 6.07) is 19.8. The first kappa shape index (κ1) is 42.9. The van der Waals surface area contributed by atoms with Crippen LogP contribution in [0.5, 0.6) is 11.5 Å². The van der Waals surface area contributed by atoms with Crippen LogP contribution < -0.4 is 18.9 Å². The molecule has 9 rings (SSSR count). The molecule has 0 saturated carbocycles. The van der Waals surface area contributed by atoms with Gasteiger partial charge in [-0.2, -0.15) is 0 Å². The number of likely N-dealkylation sites (tertiary alicyclic amines) is 1. The van der Waals surface area contributed by atoms with E-state index in [0.29, 0.717) is 68.9 Å². The number of anilines is 1. The van der Waals surface area contributed by atoms with Crippen LogP contribution >= 0.6 is 11.6 Å². The SMILES string of the molecule is O=C1CC[C@H](N2Cc3cc(N4CCN(CCCCCC(=O)N5CCC[C@@H]([Au][c]6ncnc7[nH]cc(C(=O)c8ccc(Oc9ccccc9)cc8Cl)c67)C5)CC4)ccc3C2=O)C(=O)N1. The Hall–Kier alpha value is -5.38. The number of halogens is 1. The topological polar surface area (TPSA) is 161 Å². The molecule has 2 aromatic heterocycles. The van der Waals surface area contributed by atoms with Crippen LogP contribution in [0.4, 0.5) is 5.69 Å². The number of piperidine rings is 2. The van der Waals surface area contributed by atoms with E-state index in [1.807, 2.05) is 47.4 Å². The van der Waals surface area contributed by atoms with Crippen LogP contribution in [0.15, 0.2) is 79.3 Å². The second kappa shape index (κ2) is 19.2. The molecule has 5 aromatic rings. The third-order valence-corrected chi connectivity index (χ3v) is 15.9. The second-order valence-electron chi connectivity index (χ2n) is 16.4. The van der Waals surface area contributed by atoms with Crippen molar-refractivity contribution in [2.24, 2.45) is 0 Å². The Labute approximate surface area is 380 Å². The van der Waals surface area contributed by atoms with Crippen LogP contribution in [-0.2, 0) is 40.7 Å². The third kappa shape index (κ3) is 9.60. The molecule has 6 heterocycles. The molecule has 14 nitrogen and oxygen atoms in total. The fourth-order valence-corrected chi connectivity index (χ4v) is 12.6. The molecule has 4 amide bonds. The monoisotopic (exact) mass is 1050 g/mol. The number of carbonyl (C=O) groups excluding carboxylic acids is 5. The molecule has 0 unspecified atom stereocenters. The van der Waals surface area contributed by atoms with Crippen molar-refractivity contribution in [3.63, 3.8) is 0 Å². The van der Waals surface area contributed by atoms with Gasteiger partial charge in [-0.15, -0.1) is 0 Å². The van der Waals surface area contributed by atoms with Crippen LogP contribution in [0.25, 0.3) is 11.0 Å². The van der Waals surface area contributed by atoms with Crippen molar-refractivity contribution in [3.8, 4) is 11.5 Å². The molecule has 3 fully saturated rings. The Bertz CT molecular complexity index is 2550. The average molecular weight is 1050 g/mol. The minimum absolute atomic E-state index is 0.151. The summed E-state index contributed by atoms with van der Waals surface area (Å²) in [7, 11) is 0. The van der Waals surface area contributed by atoms with Gasteiger partial charge in [-0.1, -0.05) is 6.07 Å². The van der Waals surface area contributed by atoms with Crippen LogP contribution in [-0.4, -0.2) is 111 Å². The summed E-state index contributed by atoms with van der Waals surface area (Å²) in [6.45, 7) is 6.50. The van der Waals surface area contributed by atoms with Crippen molar-refractivity contribution in [1.29, 1.82) is 0 Å². The zero-order valence-electron chi connectivity index (χ0n) is 34.8. The number of imide groups is 1. The fourth-order valence-electron chi connectivity index (χ4n) is 8.90. The van der Waals surface area contributed by atoms with E-state index in [0.717, 1.165) is 91.9 Å². The molecule has 2 N–H and O–H groups in total. The number of aromatic nitrogens is 3. The maximum absolute atomic E-state index is 13.9. The van der Waals surface area contributed by atoms with Gasteiger partial charge in [0.1, 0.15) is 6.04 Å². The van der Waals surface area contributed by atoms with Gasteiger partial charge >= 0.3 is 268 Å². The summed E-state index contributed by atoms with van der Waals surface area (Å²) in [4.78, 5) is 85.3. The molecular weight excluding hydrogens is 1000 g/mol. The second-order valence-corrected chi connectivity index (χ2v) is 20.3. The first-order valence-corrected chi connectivity index (χ1v) is 24.4. The predicted molar refractivity (Wildman–Crippen MR) is 234 cm³/mol. The Morgan fingerprint density at radius 3 is 2.52 bits per heavy atom. The number of para-hydroxylation sites is 1. The number of rotatable bonds is 14. The van der Waals surface area contributed by atoms with Crippen LogP contribution in [0.2, 0.25) is 9.16 Å². The zero-order valence-corrected chi connectivity index (χ0v) is 37.7. The Morgan fingerprint density at radius 2 is 1.71 bits per heavy atom. The van der Waals surface area contributed by atoms with Gasteiger partial charge in [0.2, 0.25) is 11.8 Å². The summed E-state index contributed by atoms with van der Waals surface area (Å²) in [5, 5.41) is 3.40. The van der Waals surface area contributed by atoms with E-state index in [2.05, 4.69) is 31.2 Å². The number of hydrogen-bond donors (Lipinski definition) is 2. The number of fused-ring (bicyclic) bond motifs is 2. The normalized spacial score (nSPS) is 19.4. The molecule has 0 spiro atoms. The number of aromatic amines is 1. The molecule has 0 radical (unpaired) electrons. The fraction of sp³-hybridized carbons (Fsp3) is 0.383. The summed E-state index contributed by atoms with van der Waals surface area (Å²) in [5.41, 5.74) is 4.11. The van der Waals surface area contributed by atoms with Crippen molar-refractivity contribution in [2.45, 2.75) is 68.1 Å². The van der Waals surface area contributed by atoms with Gasteiger partial charge < -0.3 is 9.80 Å². The number of amides is 4. The Balaban J connectivity index is 0.717. The summed E-state index contributed by atoms with van der Waals surface area (Å²) >= 11 is 6.15. The zero-order chi connectivity index (χ0) is 43.5. The molecule has 63 heavy (non-hydrogen) atoms. The van der Waals surface area contributed by atoms with Gasteiger partial charge in [-0.25, -0.2) is 0 Å². The number of nitrogens with one attached hydrogen (secondary N) is 2. The molecular formula is C47H49AuClN8O6. The maximum atomic E-state index is 13.9. The minimum atomic E-state index is -0.613. The van der Waals surface area contributed by atoms with Gasteiger partial charge in [0.05, 0.1) is 0 Å². The van der Waals surface area contributed by atoms with Crippen LogP contribution in [0, 0.1) is 0 Å². The summed E-state index contributed by atoms with van der Waals surface area (Å²) < 4.78 is 7.10. The molecule has 3 aromatic carbocycles. The van der Waals surface area contributed by atoms with Crippen LogP contribution in [0.3, 0.4) is 0 Å². The van der Waals surface area contributed by atoms with Crippen molar-refractivity contribution in [1.82, 2.24) is 35.0 Å². The number of piperazine rings is 1. The predicted octanol–water partition coefficient (Wildman–Crippen LogP) is 5.90. The van der Waals surface area contributed by atoms with Gasteiger partial charge in [-0.05, 0) is 30.2 Å². The van der Waals surface area contributed by atoms with Crippen molar-refractivity contribution in [3.05, 3.63) is 107 Å². The first-order chi connectivity index (χ1) is 30.7. The number of unbranched alkanes of at least 4 members (excludes halogenated alkanes) is 2. The summed E-state index contributed by atoms with van der Waals surface area (Å²) in [5.74, 6) is 0.385. The van der Waals surface area contributed by atoms with Gasteiger partial charge in [0.15, 0.2) is 0 Å². The van der Waals surface area contributed by atoms with Gasteiger partial charge in [-0.3, -0.25) is 19.7 Å². The van der Waals surface area contributed by atoms with Crippen molar-refractivity contribution < 1.29 is 48.5 Å². The first-order valence-electron chi connectivity index (χ1n) is 21.7. The van der Waals surface area contributed by atoms with E-state index < -0.39 is 31.7 Å². The number of benzene rings is 3. The van der Waals surface area contributed by atoms with E-state index in [1.165, 1.54) is 0 Å². The van der Waals surface area contributed by atoms with E-state index in [4.69, 9.17) is 21.3 Å². The molecule has 4 aliphatic heterocycles. The Morgan fingerprint density at radius 1 is 0.873 bits per heavy atom.